The number of aliphatic imine (C=N–C) groups is 1. The summed E-state index contributed by atoms with van der Waals surface area (Å²) in [4.78, 5) is 20.0. The summed E-state index contributed by atoms with van der Waals surface area (Å²) in [6, 6.07) is 48.6. The Balaban J connectivity index is 0.000000230. The first-order valence-electron chi connectivity index (χ1n) is 14.9. The van der Waals surface area contributed by atoms with Crippen LogP contribution in [-0.2, 0) is 10.2 Å². The second-order valence-corrected chi connectivity index (χ2v) is 14.0. The highest BCUT2D eigenvalue weighted by Crippen LogP contribution is 2.29. The van der Waals surface area contributed by atoms with Crippen molar-refractivity contribution in [3.05, 3.63) is 174 Å². The highest BCUT2D eigenvalue weighted by Gasteiger charge is 2.13. The van der Waals surface area contributed by atoms with Gasteiger partial charge in [0.1, 0.15) is 5.04 Å². The molecule has 0 aromatic heterocycles. The average molecular weight is 659 g/mol. The summed E-state index contributed by atoms with van der Waals surface area (Å²) in [5, 5.41) is 7.65. The van der Waals surface area contributed by atoms with Gasteiger partial charge < -0.3 is 5.32 Å². The number of benzene rings is 5. The van der Waals surface area contributed by atoms with Crippen molar-refractivity contribution in [1.29, 1.82) is 0 Å². The number of para-hydroxylation sites is 2. The number of nitrogens with zero attached hydrogens (tertiary/aromatic N) is 1. The van der Waals surface area contributed by atoms with Crippen LogP contribution in [-0.4, -0.2) is 11.0 Å². The van der Waals surface area contributed by atoms with Crippen LogP contribution >= 0.6 is 35.3 Å². The smallest absolute Gasteiger partial charge is 0.248 e. The van der Waals surface area contributed by atoms with Gasteiger partial charge in [-0.1, -0.05) is 141 Å². The maximum Gasteiger partial charge on any atom is 0.248 e. The van der Waals surface area contributed by atoms with E-state index in [9.17, 15) is 4.79 Å². The normalized spacial score (nSPS) is 11.7. The van der Waals surface area contributed by atoms with Crippen LogP contribution in [0.25, 0.3) is 0 Å². The van der Waals surface area contributed by atoms with Crippen molar-refractivity contribution in [3.8, 4) is 0 Å². The van der Waals surface area contributed by atoms with E-state index < -0.39 is 0 Å². The lowest BCUT2D eigenvalue weighted by molar-refractivity contribution is -0.111. The van der Waals surface area contributed by atoms with Gasteiger partial charge in [0.15, 0.2) is 0 Å². The van der Waals surface area contributed by atoms with Crippen LogP contribution in [0.3, 0.4) is 0 Å². The predicted octanol–water partition coefficient (Wildman–Crippen LogP) is 12.0. The van der Waals surface area contributed by atoms with E-state index in [0.29, 0.717) is 0 Å². The molecule has 0 atom stereocenters. The lowest BCUT2D eigenvalue weighted by Gasteiger charge is -2.19. The van der Waals surface area contributed by atoms with Crippen molar-refractivity contribution in [2.24, 2.45) is 4.99 Å². The van der Waals surface area contributed by atoms with E-state index >= 15 is 0 Å². The molecule has 0 aliphatic carbocycles. The monoisotopic (exact) mass is 658 g/mol. The first-order valence-corrected chi connectivity index (χ1v) is 17.5. The van der Waals surface area contributed by atoms with Crippen molar-refractivity contribution in [2.75, 3.05) is 5.32 Å². The number of hydrogen-bond donors (Lipinski definition) is 1. The molecule has 5 rings (SSSR count). The molecule has 232 valence electrons. The van der Waals surface area contributed by atoms with Crippen LogP contribution in [0.5, 0.6) is 0 Å². The van der Waals surface area contributed by atoms with E-state index in [2.05, 4.69) is 86.1 Å². The average Bonchev–Trinajstić information content (AvgIpc) is 3.07. The molecule has 0 spiro atoms. The molecular formula is C40H38N2OS3. The molecule has 1 amide bonds. The Kier molecular flexibility index (Phi) is 14.1. The summed E-state index contributed by atoms with van der Waals surface area (Å²) in [5.41, 5.74) is 3.27. The Hall–Kier alpha value is -4.23. The fourth-order valence-electron chi connectivity index (χ4n) is 3.92. The Morgan fingerprint density at radius 3 is 1.59 bits per heavy atom. The largest absolute Gasteiger partial charge is 0.322 e. The molecule has 1 N–H and O–H groups in total. The van der Waals surface area contributed by atoms with Gasteiger partial charge in [0.05, 0.1) is 5.69 Å². The number of thioether (sulfide) groups is 3. The number of carbonyl (C=O) groups excluding carboxylic acids is 1. The van der Waals surface area contributed by atoms with Crippen molar-refractivity contribution >= 4 is 57.6 Å². The molecule has 0 saturated heterocycles. The quantitative estimate of drug-likeness (QED) is 0.0740. The summed E-state index contributed by atoms with van der Waals surface area (Å²) in [6.45, 7) is 6.71. The summed E-state index contributed by atoms with van der Waals surface area (Å²) >= 11 is 4.91. The van der Waals surface area contributed by atoms with Crippen LogP contribution in [0.1, 0.15) is 26.3 Å². The minimum Gasteiger partial charge on any atom is -0.322 e. The Morgan fingerprint density at radius 1 is 0.587 bits per heavy atom. The molecule has 0 aliphatic rings. The van der Waals surface area contributed by atoms with Crippen molar-refractivity contribution in [3.63, 3.8) is 0 Å². The number of carbonyl (C=O) groups is 1. The maximum absolute atomic E-state index is 11.6. The Morgan fingerprint density at radius 2 is 1.07 bits per heavy atom. The summed E-state index contributed by atoms with van der Waals surface area (Å²) < 4.78 is 0. The van der Waals surface area contributed by atoms with Crippen LogP contribution in [0.15, 0.2) is 188 Å². The van der Waals surface area contributed by atoms with Crippen molar-refractivity contribution < 1.29 is 4.79 Å². The lowest BCUT2D eigenvalue weighted by Crippen LogP contribution is -2.10. The molecule has 0 saturated carbocycles. The predicted molar refractivity (Wildman–Crippen MR) is 202 cm³/mol. The molecule has 5 aromatic carbocycles. The van der Waals surface area contributed by atoms with Gasteiger partial charge in [-0.3, -0.25) is 4.79 Å². The standard InChI is InChI=1S/C25H25NS2.C15H13NOS/c1-25(2,3)20-14-16-23(17-15-20)28-24(26-21-10-6-4-7-11-21)18-19-27-22-12-8-5-9-13-22;17-15(16-13-7-3-1-4-8-13)11-12-18-14-9-5-2-6-10-14/h4-19H,1-3H3;1-12H,(H,16,17). The summed E-state index contributed by atoms with van der Waals surface area (Å²) in [7, 11) is 0. The zero-order valence-electron chi connectivity index (χ0n) is 26.2. The fraction of sp³-hybridized carbons (Fsp3) is 0.100. The molecule has 0 bridgehead atoms. The molecular weight excluding hydrogens is 621 g/mol. The molecule has 3 nitrogen and oxygen atoms in total. The van der Waals surface area contributed by atoms with Crippen molar-refractivity contribution in [2.45, 2.75) is 40.9 Å². The summed E-state index contributed by atoms with van der Waals surface area (Å²) in [5.74, 6) is -0.121. The summed E-state index contributed by atoms with van der Waals surface area (Å²) in [6.07, 6.45) is 3.62. The lowest BCUT2D eigenvalue weighted by atomic mass is 9.87. The topological polar surface area (TPSA) is 41.5 Å². The second-order valence-electron chi connectivity index (χ2n) is 11.0. The number of hydrogen-bond acceptors (Lipinski definition) is 5. The Labute approximate surface area is 286 Å². The molecule has 46 heavy (non-hydrogen) atoms. The SMILES string of the molecule is CC(C)(C)c1ccc(SC(C=CSc2ccccc2)=Nc2ccccc2)cc1.O=C(C=CSc1ccccc1)Nc1ccccc1. The first kappa shape index (κ1) is 34.6. The van der Waals surface area contributed by atoms with Gasteiger partial charge in [-0.25, -0.2) is 4.99 Å². The van der Waals surface area contributed by atoms with E-state index in [1.54, 1.807) is 28.9 Å². The molecule has 0 radical (unpaired) electrons. The second kappa shape index (κ2) is 18.7. The van der Waals surface area contributed by atoms with Gasteiger partial charge in [0, 0.05) is 26.4 Å². The molecule has 0 unspecified atom stereocenters. The highest BCUT2D eigenvalue weighted by atomic mass is 32.2. The third-order valence-electron chi connectivity index (χ3n) is 6.30. The highest BCUT2D eigenvalue weighted by molar-refractivity contribution is 8.14. The molecule has 0 fully saturated rings. The minimum absolute atomic E-state index is 0.121. The zero-order chi connectivity index (χ0) is 32.5. The maximum atomic E-state index is 11.6. The van der Waals surface area contributed by atoms with Gasteiger partial charge >= 0.3 is 0 Å². The minimum atomic E-state index is -0.121. The molecule has 5 aromatic rings. The number of nitrogens with one attached hydrogen (secondary N) is 1. The number of amides is 1. The van der Waals surface area contributed by atoms with Crippen LogP contribution in [0.2, 0.25) is 0 Å². The van der Waals surface area contributed by atoms with Gasteiger partial charge in [-0.2, -0.15) is 0 Å². The van der Waals surface area contributed by atoms with Gasteiger partial charge in [0.2, 0.25) is 5.91 Å². The zero-order valence-corrected chi connectivity index (χ0v) is 28.7. The van der Waals surface area contributed by atoms with E-state index in [1.807, 2.05) is 97.1 Å². The van der Waals surface area contributed by atoms with Crippen molar-refractivity contribution in [1.82, 2.24) is 0 Å². The number of anilines is 1. The molecule has 0 aliphatic heterocycles. The Bertz CT molecular complexity index is 1700. The van der Waals surface area contributed by atoms with Gasteiger partial charge in [-0.15, -0.1) is 0 Å². The fourth-order valence-corrected chi connectivity index (χ4v) is 6.13. The van der Waals surface area contributed by atoms with E-state index in [-0.39, 0.29) is 11.3 Å². The van der Waals surface area contributed by atoms with E-state index in [0.717, 1.165) is 21.3 Å². The molecule has 6 heteroatoms. The van der Waals surface area contributed by atoms with Crippen LogP contribution < -0.4 is 5.32 Å². The molecule has 0 heterocycles. The van der Waals surface area contributed by atoms with Crippen LogP contribution in [0, 0.1) is 0 Å². The third kappa shape index (κ3) is 13.0. The third-order valence-corrected chi connectivity index (χ3v) is 8.88. The van der Waals surface area contributed by atoms with Crippen LogP contribution in [0.4, 0.5) is 11.4 Å². The number of rotatable bonds is 9. The first-order chi connectivity index (χ1) is 22.3. The van der Waals surface area contributed by atoms with E-state index in [4.69, 9.17) is 4.99 Å². The van der Waals surface area contributed by atoms with Gasteiger partial charge in [-0.05, 0) is 88.5 Å². The van der Waals surface area contributed by atoms with E-state index in [1.165, 1.54) is 33.2 Å². The van der Waals surface area contributed by atoms with Gasteiger partial charge in [0.25, 0.3) is 0 Å².